The second kappa shape index (κ2) is 14.1. The summed E-state index contributed by atoms with van der Waals surface area (Å²) in [7, 11) is -17.8. The van der Waals surface area contributed by atoms with Crippen LogP contribution in [0.1, 0.15) is 6.23 Å². The second-order valence-electron chi connectivity index (χ2n) is 5.41. The average Bonchev–Trinajstić information content (AvgIpc) is 2.78. The molecular formula is C9H13N3Na3O14P3. The Bertz CT molecular complexity index is 960. The number of nitrogen functional groups attached to an aromatic ring is 1. The maximum Gasteiger partial charge on any atom is 1.00 e. The Morgan fingerprint density at radius 2 is 1.66 bits per heavy atom. The van der Waals surface area contributed by atoms with Crippen molar-refractivity contribution < 1.29 is 150 Å². The van der Waals surface area contributed by atoms with Crippen LogP contribution in [0.5, 0.6) is 0 Å². The van der Waals surface area contributed by atoms with E-state index in [0.29, 0.717) is 0 Å². The standard InChI is InChI=1S/C9H16N3O14P3.3Na/c10-5-1-2-12(9(15)11-5)8-7(14)6(13)4(24-8)3-23-28(19,20)26-29(21,22)25-27(16,17)18;;;/h1-2,4,6-8,13-14H,3H2,(H,19,20)(H,21,22)(H2,10,11,15)(H2,16,17,18);;;/q;3*+1/p-3. The summed E-state index contributed by atoms with van der Waals surface area (Å²) in [6.45, 7) is -1.12. The molecule has 0 saturated carbocycles. The maximum atomic E-state index is 11.8. The predicted octanol–water partition coefficient (Wildman–Crippen LogP) is -13.1. The Kier molecular flexibility index (Phi) is 15.9. The van der Waals surface area contributed by atoms with Crippen molar-refractivity contribution in [1.82, 2.24) is 9.55 Å². The zero-order chi connectivity index (χ0) is 22.2. The van der Waals surface area contributed by atoms with Gasteiger partial charge in [0.15, 0.2) is 6.23 Å². The number of nitrogens with two attached hydrogens (primary N) is 1. The van der Waals surface area contributed by atoms with E-state index < -0.39 is 60.3 Å². The second-order valence-corrected chi connectivity index (χ2v) is 9.70. The molecule has 2 heterocycles. The molecule has 5 N–H and O–H groups in total. The van der Waals surface area contributed by atoms with Crippen molar-refractivity contribution in [2.45, 2.75) is 24.5 Å². The smallest absolute Gasteiger partial charge is 0.756 e. The fourth-order valence-electron chi connectivity index (χ4n) is 2.17. The van der Waals surface area contributed by atoms with E-state index in [2.05, 4.69) is 18.1 Å². The van der Waals surface area contributed by atoms with E-state index in [9.17, 15) is 43.4 Å². The van der Waals surface area contributed by atoms with Crippen LogP contribution in [0.15, 0.2) is 17.1 Å². The Morgan fingerprint density at radius 1 is 1.09 bits per heavy atom. The Labute approximate surface area is 246 Å². The molecule has 17 nitrogen and oxygen atoms in total. The molecule has 1 aromatic heterocycles. The molecule has 0 amide bonds. The summed E-state index contributed by atoms with van der Waals surface area (Å²) in [6, 6.07) is 1.18. The van der Waals surface area contributed by atoms with Gasteiger partial charge in [-0.1, -0.05) is 0 Å². The summed E-state index contributed by atoms with van der Waals surface area (Å²) in [5.41, 5.74) is 4.35. The quantitative estimate of drug-likeness (QED) is 0.173. The molecule has 1 aliphatic rings. The van der Waals surface area contributed by atoms with Crippen molar-refractivity contribution in [1.29, 1.82) is 0 Å². The molecule has 1 saturated heterocycles. The number of hydrogen-bond donors (Lipinski definition) is 4. The SMILES string of the molecule is Nc1ccn(C2OC(COP(=O)([O-])OP(=O)([O-])OP(=O)([O-])O)C(O)C2O)c(=O)n1.[Na+].[Na+].[Na+]. The molecule has 2 rings (SSSR count). The number of phosphoric ester groups is 1. The molecular weight excluding hydrogens is 536 g/mol. The first-order chi connectivity index (χ1) is 13.1. The molecule has 0 aliphatic carbocycles. The number of ether oxygens (including phenoxy) is 1. The molecule has 23 heteroatoms. The van der Waals surface area contributed by atoms with Gasteiger partial charge >= 0.3 is 94.4 Å². The molecule has 7 unspecified atom stereocenters. The van der Waals surface area contributed by atoms with Gasteiger partial charge < -0.3 is 44.8 Å². The number of hydrogen-bond acceptors (Lipinski definition) is 15. The molecule has 1 aliphatic heterocycles. The molecule has 0 bridgehead atoms. The van der Waals surface area contributed by atoms with Gasteiger partial charge in [-0.05, 0) is 6.07 Å². The zero-order valence-corrected chi connectivity index (χ0v) is 25.5. The monoisotopic (exact) mass is 549 g/mol. The minimum atomic E-state index is -6.09. The number of rotatable bonds is 8. The molecule has 0 radical (unpaired) electrons. The van der Waals surface area contributed by atoms with Crippen LogP contribution in [0.3, 0.4) is 0 Å². The predicted molar refractivity (Wildman–Crippen MR) is 82.0 cm³/mol. The first-order valence-electron chi connectivity index (χ1n) is 7.20. The van der Waals surface area contributed by atoms with Crippen molar-refractivity contribution in [3.8, 4) is 0 Å². The van der Waals surface area contributed by atoms with Gasteiger partial charge in [0.1, 0.15) is 24.1 Å². The molecule has 0 spiro atoms. The summed E-state index contributed by atoms with van der Waals surface area (Å²) < 4.78 is 49.5. The van der Waals surface area contributed by atoms with Crippen molar-refractivity contribution in [3.63, 3.8) is 0 Å². The fraction of sp³-hybridized carbons (Fsp3) is 0.556. The maximum absolute atomic E-state index is 11.8. The first kappa shape index (κ1) is 36.1. The molecule has 1 fully saturated rings. The van der Waals surface area contributed by atoms with Gasteiger partial charge in [0.2, 0.25) is 0 Å². The van der Waals surface area contributed by atoms with Crippen molar-refractivity contribution in [2.75, 3.05) is 12.3 Å². The molecule has 166 valence electrons. The third-order valence-corrected chi connectivity index (χ3v) is 6.95. The van der Waals surface area contributed by atoms with E-state index in [0.717, 1.165) is 10.8 Å². The van der Waals surface area contributed by atoms with Crippen LogP contribution in [0, 0.1) is 0 Å². The summed E-state index contributed by atoms with van der Waals surface area (Å²) >= 11 is 0. The van der Waals surface area contributed by atoms with E-state index in [4.69, 9.17) is 15.4 Å². The van der Waals surface area contributed by atoms with E-state index in [-0.39, 0.29) is 94.5 Å². The van der Waals surface area contributed by atoms with Crippen LogP contribution in [0.25, 0.3) is 0 Å². The van der Waals surface area contributed by atoms with Gasteiger partial charge in [-0.15, -0.1) is 0 Å². The first-order valence-corrected chi connectivity index (χ1v) is 11.6. The number of nitrogens with zero attached hydrogens (tertiary/aromatic N) is 2. The van der Waals surface area contributed by atoms with Gasteiger partial charge in [-0.3, -0.25) is 18.3 Å². The van der Waals surface area contributed by atoms with E-state index in [1.807, 2.05) is 0 Å². The van der Waals surface area contributed by atoms with Gasteiger partial charge in [0.25, 0.3) is 23.5 Å². The van der Waals surface area contributed by atoms with Crippen LogP contribution in [0.2, 0.25) is 0 Å². The normalized spacial score (nSPS) is 28.1. The van der Waals surface area contributed by atoms with Crippen molar-refractivity contribution in [2.24, 2.45) is 0 Å². The van der Waals surface area contributed by atoms with Crippen LogP contribution < -0.4 is 115 Å². The van der Waals surface area contributed by atoms with Crippen molar-refractivity contribution in [3.05, 3.63) is 22.7 Å². The van der Waals surface area contributed by atoms with Crippen LogP contribution in [0.4, 0.5) is 5.82 Å². The largest absolute Gasteiger partial charge is 1.00 e. The summed E-state index contributed by atoms with van der Waals surface area (Å²) in [5, 5.41) is 19.9. The van der Waals surface area contributed by atoms with Crippen LogP contribution >= 0.6 is 23.5 Å². The Balaban J connectivity index is 0. The number of anilines is 1. The van der Waals surface area contributed by atoms with Crippen molar-refractivity contribution >= 4 is 29.3 Å². The Hall–Kier alpha value is 1.97. The zero-order valence-electron chi connectivity index (χ0n) is 16.8. The average molecular weight is 549 g/mol. The number of aromatic nitrogens is 2. The third-order valence-electron chi connectivity index (χ3n) is 3.26. The molecule has 1 aromatic rings. The van der Waals surface area contributed by atoms with Crippen LogP contribution in [-0.4, -0.2) is 49.6 Å². The van der Waals surface area contributed by atoms with Gasteiger partial charge in [-0.25, -0.2) is 13.4 Å². The molecule has 0 aromatic carbocycles. The third kappa shape index (κ3) is 10.9. The number of phosphoric acid groups is 3. The van der Waals surface area contributed by atoms with E-state index >= 15 is 0 Å². The van der Waals surface area contributed by atoms with Gasteiger partial charge in [-0.2, -0.15) is 4.98 Å². The fourth-order valence-corrected chi connectivity index (χ4v) is 5.06. The topological polar surface area (TPSA) is 279 Å². The van der Waals surface area contributed by atoms with Gasteiger partial charge in [0, 0.05) is 6.20 Å². The van der Waals surface area contributed by atoms with Gasteiger partial charge in [0.05, 0.1) is 6.61 Å². The summed E-state index contributed by atoms with van der Waals surface area (Å²) in [6.07, 6.45) is -5.62. The minimum Gasteiger partial charge on any atom is -0.756 e. The summed E-state index contributed by atoms with van der Waals surface area (Å²) in [5.74, 6) is -0.140. The number of aliphatic hydroxyl groups is 2. The molecule has 32 heavy (non-hydrogen) atoms. The minimum absolute atomic E-state index is 0. The van der Waals surface area contributed by atoms with Crippen LogP contribution in [-0.2, 0) is 31.6 Å². The van der Waals surface area contributed by atoms with E-state index in [1.54, 1.807) is 0 Å². The molecule has 7 atom stereocenters. The Morgan fingerprint density at radius 3 is 2.16 bits per heavy atom. The number of aliphatic hydroxyl groups excluding tert-OH is 2. The summed E-state index contributed by atoms with van der Waals surface area (Å²) in [4.78, 5) is 56.4. The van der Waals surface area contributed by atoms with E-state index in [1.165, 1.54) is 6.07 Å².